The average Bonchev–Trinajstić information content (AvgIpc) is 3.56. The molecule has 0 N–H and O–H groups in total. The van der Waals surface area contributed by atoms with E-state index in [-0.39, 0.29) is 0 Å². The standard InChI is InChI=1S/C42H36Si/c1-27-25-39-35(33-19-9-15-29-13-5-7-17-31(29)33)21-11-23-37(39)41(27)43(3,4)42-28(2)26-40-36(22-12-24-38(40)42)34-20-10-16-30-14-6-8-18-32(30)34/h5-27,38H,1-4H3. The molecule has 0 aromatic heterocycles. The molecule has 2 unspecified atom stereocenters. The van der Waals surface area contributed by atoms with Gasteiger partial charge in [0.15, 0.2) is 0 Å². The summed E-state index contributed by atoms with van der Waals surface area (Å²) in [6.45, 7) is 9.99. The van der Waals surface area contributed by atoms with E-state index in [9.17, 15) is 0 Å². The van der Waals surface area contributed by atoms with E-state index in [1.165, 1.54) is 65.4 Å². The van der Waals surface area contributed by atoms with Crippen LogP contribution in [0.15, 0.2) is 144 Å². The second-order valence-corrected chi connectivity index (χ2v) is 17.3. The van der Waals surface area contributed by atoms with Crippen LogP contribution in [0.3, 0.4) is 0 Å². The normalized spacial score (nSPS) is 19.4. The van der Waals surface area contributed by atoms with Crippen molar-refractivity contribution in [2.24, 2.45) is 11.8 Å². The zero-order valence-corrected chi connectivity index (χ0v) is 26.4. The van der Waals surface area contributed by atoms with E-state index in [0.29, 0.717) is 11.8 Å². The fraction of sp³-hybridized carbons (Fsp3) is 0.143. The van der Waals surface area contributed by atoms with Crippen molar-refractivity contribution < 1.29 is 0 Å². The number of rotatable bonds is 4. The second kappa shape index (κ2) is 9.79. The first-order valence-corrected chi connectivity index (χ1v) is 18.6. The van der Waals surface area contributed by atoms with Gasteiger partial charge >= 0.3 is 0 Å². The Balaban J connectivity index is 1.25. The molecule has 5 aromatic rings. The van der Waals surface area contributed by atoms with Crippen molar-refractivity contribution in [2.75, 3.05) is 0 Å². The summed E-state index contributed by atoms with van der Waals surface area (Å²) in [5.74, 6) is 0.753. The molecule has 3 aliphatic rings. The smallest absolute Gasteiger partial charge is 0.0733 e. The molecular formula is C42H36Si. The number of allylic oxidation sites excluding steroid dienone is 8. The lowest BCUT2D eigenvalue weighted by Crippen LogP contribution is -2.41. The molecule has 2 atom stereocenters. The molecule has 3 aliphatic carbocycles. The second-order valence-electron chi connectivity index (χ2n) is 13.0. The summed E-state index contributed by atoms with van der Waals surface area (Å²) in [5.41, 5.74) is 8.33. The maximum Gasteiger partial charge on any atom is 0.106 e. The third-order valence-corrected chi connectivity index (χ3v) is 14.2. The van der Waals surface area contributed by atoms with E-state index < -0.39 is 8.07 Å². The van der Waals surface area contributed by atoms with Crippen LogP contribution < -0.4 is 10.4 Å². The van der Waals surface area contributed by atoms with Crippen molar-refractivity contribution in [3.63, 3.8) is 0 Å². The van der Waals surface area contributed by atoms with Crippen LogP contribution in [0.2, 0.25) is 13.1 Å². The summed E-state index contributed by atoms with van der Waals surface area (Å²) >= 11 is 0. The van der Waals surface area contributed by atoms with Gasteiger partial charge in [-0.25, -0.2) is 0 Å². The van der Waals surface area contributed by atoms with Crippen molar-refractivity contribution in [2.45, 2.75) is 26.9 Å². The minimum Gasteiger partial charge on any atom is -0.0733 e. The third-order valence-electron chi connectivity index (χ3n) is 10.1. The Labute approximate surface area is 255 Å². The molecule has 0 spiro atoms. The summed E-state index contributed by atoms with van der Waals surface area (Å²) in [6.07, 6.45) is 12.2. The van der Waals surface area contributed by atoms with Gasteiger partial charge in [-0.3, -0.25) is 0 Å². The molecule has 0 fully saturated rings. The first-order chi connectivity index (χ1) is 20.9. The maximum atomic E-state index is 2.60. The Hall–Kier alpha value is -4.46. The highest BCUT2D eigenvalue weighted by Crippen LogP contribution is 2.49. The summed E-state index contributed by atoms with van der Waals surface area (Å²) in [7, 11) is -2.05. The van der Waals surface area contributed by atoms with E-state index in [1.807, 2.05) is 0 Å². The van der Waals surface area contributed by atoms with Crippen LogP contribution in [0, 0.1) is 11.8 Å². The zero-order chi connectivity index (χ0) is 29.3. The minimum atomic E-state index is -2.05. The summed E-state index contributed by atoms with van der Waals surface area (Å²) < 4.78 is 0. The van der Waals surface area contributed by atoms with Crippen LogP contribution in [0.5, 0.6) is 0 Å². The van der Waals surface area contributed by atoms with Gasteiger partial charge in [-0.1, -0.05) is 169 Å². The topological polar surface area (TPSA) is 0 Å². The molecule has 0 aliphatic heterocycles. The SMILES string of the molecule is CC1=C([Si](C)(C)C2=c3cccc(-c4cccc5ccccc45)c3=CC2C)C2C=CC=C(c3cccc4ccccc34)C2=C1. The number of benzene rings is 5. The molecular weight excluding hydrogens is 533 g/mol. The Morgan fingerprint density at radius 1 is 0.628 bits per heavy atom. The van der Waals surface area contributed by atoms with E-state index in [1.54, 1.807) is 10.4 Å². The van der Waals surface area contributed by atoms with Crippen molar-refractivity contribution in [3.8, 4) is 11.1 Å². The molecule has 0 heterocycles. The van der Waals surface area contributed by atoms with E-state index in [4.69, 9.17) is 0 Å². The van der Waals surface area contributed by atoms with Gasteiger partial charge in [0.05, 0.1) is 0 Å². The molecule has 1 heteroatoms. The fourth-order valence-electron chi connectivity index (χ4n) is 8.50. The van der Waals surface area contributed by atoms with Gasteiger partial charge < -0.3 is 0 Å². The molecule has 5 aromatic carbocycles. The van der Waals surface area contributed by atoms with Crippen molar-refractivity contribution in [1.82, 2.24) is 0 Å². The quantitative estimate of drug-likeness (QED) is 0.189. The van der Waals surface area contributed by atoms with Gasteiger partial charge in [-0.05, 0) is 72.7 Å². The van der Waals surface area contributed by atoms with E-state index in [0.717, 1.165) is 0 Å². The first-order valence-electron chi connectivity index (χ1n) is 15.6. The molecule has 0 radical (unpaired) electrons. The number of hydrogen-bond donors (Lipinski definition) is 0. The lowest BCUT2D eigenvalue weighted by Gasteiger charge is -2.35. The van der Waals surface area contributed by atoms with Crippen molar-refractivity contribution in [3.05, 3.63) is 160 Å². The zero-order valence-electron chi connectivity index (χ0n) is 25.4. The Morgan fingerprint density at radius 3 is 1.98 bits per heavy atom. The van der Waals surface area contributed by atoms with Crippen LogP contribution in [0.1, 0.15) is 19.4 Å². The number of hydrogen-bond acceptors (Lipinski definition) is 0. The van der Waals surface area contributed by atoms with Crippen LogP contribution >= 0.6 is 0 Å². The van der Waals surface area contributed by atoms with E-state index in [2.05, 4.69) is 160 Å². The van der Waals surface area contributed by atoms with Gasteiger partial charge in [0.2, 0.25) is 0 Å². The monoisotopic (exact) mass is 568 g/mol. The molecule has 208 valence electrons. The van der Waals surface area contributed by atoms with Crippen LogP contribution in [0.4, 0.5) is 0 Å². The van der Waals surface area contributed by atoms with Crippen molar-refractivity contribution >= 4 is 46.5 Å². The largest absolute Gasteiger partial charge is 0.106 e. The number of fused-ring (bicyclic) bond motifs is 4. The van der Waals surface area contributed by atoms with E-state index >= 15 is 0 Å². The summed E-state index contributed by atoms with van der Waals surface area (Å²) in [4.78, 5) is 0. The molecule has 0 saturated heterocycles. The van der Waals surface area contributed by atoms with Gasteiger partial charge in [0.25, 0.3) is 0 Å². The lowest BCUT2D eigenvalue weighted by atomic mass is 9.85. The summed E-state index contributed by atoms with van der Waals surface area (Å²) in [5, 5.41) is 11.5. The first kappa shape index (κ1) is 26.2. The molecule has 0 saturated carbocycles. The molecule has 43 heavy (non-hydrogen) atoms. The summed E-state index contributed by atoms with van der Waals surface area (Å²) in [6, 6.07) is 38.0. The predicted octanol–water partition coefficient (Wildman–Crippen LogP) is 9.55. The minimum absolute atomic E-state index is 0.339. The highest BCUT2D eigenvalue weighted by atomic mass is 28.3. The Bertz CT molecular complexity index is 2220. The molecule has 0 nitrogen and oxygen atoms in total. The predicted molar refractivity (Wildman–Crippen MR) is 188 cm³/mol. The Kier molecular flexibility index (Phi) is 5.96. The van der Waals surface area contributed by atoms with Gasteiger partial charge in [-0.2, -0.15) is 0 Å². The molecule has 0 amide bonds. The molecule has 8 rings (SSSR count). The Morgan fingerprint density at radius 2 is 1.23 bits per heavy atom. The average molecular weight is 569 g/mol. The van der Waals surface area contributed by atoms with Crippen LogP contribution in [-0.4, -0.2) is 8.07 Å². The van der Waals surface area contributed by atoms with Gasteiger partial charge in [0, 0.05) is 5.92 Å². The third kappa shape index (κ3) is 3.95. The van der Waals surface area contributed by atoms with Gasteiger partial charge in [-0.15, -0.1) is 0 Å². The van der Waals surface area contributed by atoms with Crippen LogP contribution in [0.25, 0.3) is 49.5 Å². The van der Waals surface area contributed by atoms with Crippen LogP contribution in [-0.2, 0) is 0 Å². The molecule has 0 bridgehead atoms. The maximum absolute atomic E-state index is 2.60. The van der Waals surface area contributed by atoms with Gasteiger partial charge in [0.1, 0.15) is 8.07 Å². The fourth-order valence-corrected chi connectivity index (χ4v) is 13.0. The highest BCUT2D eigenvalue weighted by molar-refractivity contribution is 6.99. The highest BCUT2D eigenvalue weighted by Gasteiger charge is 2.43. The lowest BCUT2D eigenvalue weighted by molar-refractivity contribution is 0.979. The van der Waals surface area contributed by atoms with Crippen molar-refractivity contribution in [1.29, 1.82) is 0 Å².